The van der Waals surface area contributed by atoms with Crippen LogP contribution in [0.5, 0.6) is 5.75 Å². The van der Waals surface area contributed by atoms with Gasteiger partial charge in [0.25, 0.3) is 11.5 Å². The van der Waals surface area contributed by atoms with Crippen molar-refractivity contribution in [3.8, 4) is 17.0 Å². The van der Waals surface area contributed by atoms with Gasteiger partial charge in [0, 0.05) is 54.0 Å². The molecule has 33 heavy (non-hydrogen) atoms. The van der Waals surface area contributed by atoms with E-state index >= 15 is 0 Å². The average Bonchev–Trinajstić information content (AvgIpc) is 3.29. The number of fused-ring (bicyclic) bond motifs is 1. The maximum Gasteiger partial charge on any atom is 0.271 e. The van der Waals surface area contributed by atoms with E-state index < -0.39 is 0 Å². The highest BCUT2D eigenvalue weighted by atomic mass is 35.5. The number of thiazole rings is 1. The van der Waals surface area contributed by atoms with Crippen LogP contribution in [0.3, 0.4) is 0 Å². The van der Waals surface area contributed by atoms with Gasteiger partial charge in [-0.25, -0.2) is 4.98 Å². The quantitative estimate of drug-likeness (QED) is 0.441. The molecule has 0 atom stereocenters. The summed E-state index contributed by atoms with van der Waals surface area (Å²) in [7, 11) is 1.64. The molecule has 0 unspecified atom stereocenters. The number of carbonyl (C=O) groups excluding carboxylic acids is 1. The van der Waals surface area contributed by atoms with Gasteiger partial charge in [0.2, 0.25) is 0 Å². The smallest absolute Gasteiger partial charge is 0.271 e. The number of carbonyl (C=O) groups is 1. The van der Waals surface area contributed by atoms with Crippen molar-refractivity contribution >= 4 is 39.5 Å². The van der Waals surface area contributed by atoms with Crippen LogP contribution in [0.4, 0.5) is 5.69 Å². The fourth-order valence-electron chi connectivity index (χ4n) is 4.03. The molecule has 2 aromatic heterocycles. The minimum absolute atomic E-state index is 0.0668. The van der Waals surface area contributed by atoms with Crippen LogP contribution in [-0.4, -0.2) is 53.5 Å². The van der Waals surface area contributed by atoms with E-state index in [2.05, 4.69) is 9.88 Å². The first kappa shape index (κ1) is 21.5. The summed E-state index contributed by atoms with van der Waals surface area (Å²) in [4.78, 5) is 35.4. The van der Waals surface area contributed by atoms with Crippen LogP contribution >= 0.6 is 22.9 Å². The molecule has 168 valence electrons. The van der Waals surface area contributed by atoms with Crippen molar-refractivity contribution in [3.63, 3.8) is 0 Å². The Morgan fingerprint density at radius 1 is 1.06 bits per heavy atom. The Hall–Kier alpha value is -3.36. The number of halogens is 1. The van der Waals surface area contributed by atoms with Gasteiger partial charge >= 0.3 is 0 Å². The Morgan fingerprint density at radius 3 is 2.48 bits per heavy atom. The fourth-order valence-corrected chi connectivity index (χ4v) is 5.11. The number of anilines is 1. The van der Waals surface area contributed by atoms with Crippen LogP contribution in [0.15, 0.2) is 64.9 Å². The lowest BCUT2D eigenvalue weighted by Gasteiger charge is -2.36. The molecule has 1 fully saturated rings. The first-order valence-electron chi connectivity index (χ1n) is 10.5. The predicted molar refractivity (Wildman–Crippen MR) is 131 cm³/mol. The van der Waals surface area contributed by atoms with Crippen molar-refractivity contribution in [2.75, 3.05) is 38.2 Å². The third-order valence-electron chi connectivity index (χ3n) is 5.83. The highest BCUT2D eigenvalue weighted by Crippen LogP contribution is 2.30. The summed E-state index contributed by atoms with van der Waals surface area (Å²) in [5.41, 5.74) is 2.13. The number of nitrogens with zero attached hydrogens (tertiary/aromatic N) is 4. The first-order chi connectivity index (χ1) is 16.1. The zero-order chi connectivity index (χ0) is 22.9. The number of piperazine rings is 1. The van der Waals surface area contributed by atoms with Crippen molar-refractivity contribution in [2.45, 2.75) is 0 Å². The van der Waals surface area contributed by atoms with E-state index in [1.807, 2.05) is 47.8 Å². The van der Waals surface area contributed by atoms with Crippen LogP contribution in [0.1, 0.15) is 10.4 Å². The third-order valence-corrected chi connectivity index (χ3v) is 7.00. The van der Waals surface area contributed by atoms with Gasteiger partial charge in [0.1, 0.15) is 11.3 Å². The molecule has 1 saturated heterocycles. The SMILES string of the molecule is COc1ccc(N2CCN(C(=O)c3cnc4scc(-c5ccccc5Cl)n4c3=O)CC2)cc1. The summed E-state index contributed by atoms with van der Waals surface area (Å²) in [6.45, 7) is 2.40. The van der Waals surface area contributed by atoms with E-state index in [1.54, 1.807) is 18.1 Å². The Balaban J connectivity index is 1.39. The first-order valence-corrected chi connectivity index (χ1v) is 11.7. The molecular formula is C24H21ClN4O3S. The molecule has 2 aromatic carbocycles. The second kappa shape index (κ2) is 8.88. The molecule has 0 saturated carbocycles. The van der Waals surface area contributed by atoms with E-state index in [-0.39, 0.29) is 17.0 Å². The molecule has 7 nitrogen and oxygen atoms in total. The summed E-state index contributed by atoms with van der Waals surface area (Å²) in [5.74, 6) is 0.508. The molecule has 0 radical (unpaired) electrons. The molecule has 3 heterocycles. The van der Waals surface area contributed by atoms with Crippen LogP contribution in [0, 0.1) is 0 Å². The minimum Gasteiger partial charge on any atom is -0.497 e. The van der Waals surface area contributed by atoms with Crippen molar-refractivity contribution < 1.29 is 9.53 Å². The maximum atomic E-state index is 13.3. The number of methoxy groups -OCH3 is 1. The van der Waals surface area contributed by atoms with Crippen LogP contribution in [-0.2, 0) is 0 Å². The summed E-state index contributed by atoms with van der Waals surface area (Å²) in [6, 6.07) is 15.2. The molecule has 4 aromatic rings. The normalized spacial score (nSPS) is 14.0. The fraction of sp³-hybridized carbons (Fsp3) is 0.208. The highest BCUT2D eigenvalue weighted by Gasteiger charge is 2.26. The van der Waals surface area contributed by atoms with Gasteiger partial charge in [0.05, 0.1) is 12.8 Å². The molecule has 5 rings (SSSR count). The third kappa shape index (κ3) is 3.96. The number of rotatable bonds is 4. The molecular weight excluding hydrogens is 460 g/mol. The summed E-state index contributed by atoms with van der Waals surface area (Å²) in [6.07, 6.45) is 1.39. The van der Waals surface area contributed by atoms with Gasteiger partial charge in [-0.05, 0) is 30.3 Å². The molecule has 0 aliphatic carbocycles. The zero-order valence-corrected chi connectivity index (χ0v) is 19.5. The van der Waals surface area contributed by atoms with Crippen molar-refractivity contribution in [2.24, 2.45) is 0 Å². The second-order valence-corrected chi connectivity index (χ2v) is 8.92. The predicted octanol–water partition coefficient (Wildman–Crippen LogP) is 4.05. The lowest BCUT2D eigenvalue weighted by molar-refractivity contribution is 0.0744. The largest absolute Gasteiger partial charge is 0.497 e. The van der Waals surface area contributed by atoms with E-state index in [0.717, 1.165) is 17.0 Å². The lowest BCUT2D eigenvalue weighted by Crippen LogP contribution is -2.49. The summed E-state index contributed by atoms with van der Waals surface area (Å²) < 4.78 is 6.70. The molecule has 0 N–H and O–H groups in total. The van der Waals surface area contributed by atoms with E-state index in [4.69, 9.17) is 16.3 Å². The van der Waals surface area contributed by atoms with Gasteiger partial charge in [-0.15, -0.1) is 11.3 Å². The van der Waals surface area contributed by atoms with Gasteiger partial charge in [0.15, 0.2) is 4.96 Å². The lowest BCUT2D eigenvalue weighted by atomic mass is 10.1. The van der Waals surface area contributed by atoms with E-state index in [1.165, 1.54) is 21.9 Å². The Kier molecular flexibility index (Phi) is 5.78. The minimum atomic E-state index is -0.376. The van der Waals surface area contributed by atoms with Crippen molar-refractivity contribution in [1.82, 2.24) is 14.3 Å². The topological polar surface area (TPSA) is 67.2 Å². The van der Waals surface area contributed by atoms with Gasteiger partial charge in [-0.2, -0.15) is 0 Å². The molecule has 0 spiro atoms. The average molecular weight is 481 g/mol. The standard InChI is InChI=1S/C24H21ClN4O3S/c1-32-17-8-6-16(7-9-17)27-10-12-28(13-11-27)22(30)19-14-26-24-29(23(19)31)21(15-33-24)18-4-2-3-5-20(18)25/h2-9,14-15H,10-13H2,1H3. The maximum absolute atomic E-state index is 13.3. The van der Waals surface area contributed by atoms with E-state index in [9.17, 15) is 9.59 Å². The molecule has 1 amide bonds. The Labute approximate surface area is 199 Å². The number of hydrogen-bond acceptors (Lipinski definition) is 6. The van der Waals surface area contributed by atoms with Gasteiger partial charge < -0.3 is 14.5 Å². The second-order valence-electron chi connectivity index (χ2n) is 7.67. The number of ether oxygens (including phenoxy) is 1. The number of amides is 1. The molecule has 1 aliphatic rings. The van der Waals surface area contributed by atoms with Gasteiger partial charge in [-0.1, -0.05) is 29.8 Å². The Bertz CT molecular complexity index is 1370. The molecule has 1 aliphatic heterocycles. The Morgan fingerprint density at radius 2 is 1.79 bits per heavy atom. The molecule has 0 bridgehead atoms. The van der Waals surface area contributed by atoms with E-state index in [0.29, 0.717) is 41.9 Å². The number of hydrogen-bond donors (Lipinski definition) is 0. The monoisotopic (exact) mass is 480 g/mol. The zero-order valence-electron chi connectivity index (χ0n) is 17.9. The van der Waals surface area contributed by atoms with Crippen molar-refractivity contribution in [1.29, 1.82) is 0 Å². The van der Waals surface area contributed by atoms with Gasteiger partial charge in [-0.3, -0.25) is 14.0 Å². The summed E-state index contributed by atoms with van der Waals surface area (Å²) in [5, 5.41) is 2.38. The van der Waals surface area contributed by atoms with Crippen LogP contribution in [0.25, 0.3) is 16.2 Å². The van der Waals surface area contributed by atoms with Crippen molar-refractivity contribution in [3.05, 3.63) is 81.0 Å². The summed E-state index contributed by atoms with van der Waals surface area (Å²) >= 11 is 7.70. The number of benzene rings is 2. The highest BCUT2D eigenvalue weighted by molar-refractivity contribution is 7.15. The number of aromatic nitrogens is 2. The van der Waals surface area contributed by atoms with Crippen LogP contribution < -0.4 is 15.2 Å². The molecule has 9 heteroatoms. The van der Waals surface area contributed by atoms with Crippen LogP contribution in [0.2, 0.25) is 5.02 Å².